The van der Waals surface area contributed by atoms with Crippen LogP contribution in [0.25, 0.3) is 0 Å². The molecule has 0 atom stereocenters. The Morgan fingerprint density at radius 3 is 1.44 bits per heavy atom. The molecular weight excluding hydrogens is 236 g/mol. The van der Waals surface area contributed by atoms with Crippen molar-refractivity contribution in [2.75, 3.05) is 13.2 Å². The predicted molar refractivity (Wildman–Crippen MR) is 80.7 cm³/mol. The first-order chi connectivity index (χ1) is 8.95. The summed E-state index contributed by atoms with van der Waals surface area (Å²) in [7, 11) is -0.234. The van der Waals surface area contributed by atoms with E-state index in [-0.39, 0.29) is 9.52 Å². The lowest BCUT2D eigenvalue weighted by atomic mass is 10.4. The van der Waals surface area contributed by atoms with Crippen LogP contribution in [0.3, 0.4) is 0 Å². The van der Waals surface area contributed by atoms with Gasteiger partial charge in [-0.1, -0.05) is 71.0 Å². The molecule has 0 spiro atoms. The fourth-order valence-electron chi connectivity index (χ4n) is 1.94. The third-order valence-electron chi connectivity index (χ3n) is 2.92. The van der Waals surface area contributed by atoms with Crippen LogP contribution < -0.4 is 10.4 Å². The maximum atomic E-state index is 4.94. The number of ether oxygens (including phenoxy) is 1. The van der Waals surface area contributed by atoms with Gasteiger partial charge in [-0.3, -0.25) is 0 Å². The summed E-state index contributed by atoms with van der Waals surface area (Å²) in [5.41, 5.74) is 0. The summed E-state index contributed by atoms with van der Waals surface area (Å²) in [5, 5.41) is 3.02. The van der Waals surface area contributed by atoms with Crippen molar-refractivity contribution in [1.29, 1.82) is 0 Å². The monoisotopic (exact) mass is 256 g/mol. The minimum Gasteiger partial charge on any atom is -0.381 e. The van der Waals surface area contributed by atoms with E-state index in [1.165, 1.54) is 23.2 Å². The lowest BCUT2D eigenvalue weighted by molar-refractivity contribution is 0.198. The van der Waals surface area contributed by atoms with Crippen LogP contribution in [0.5, 0.6) is 0 Å². The van der Waals surface area contributed by atoms with E-state index in [1.54, 1.807) is 0 Å². The molecule has 94 valence electrons. The molecule has 0 aliphatic carbocycles. The van der Waals surface area contributed by atoms with Crippen LogP contribution in [-0.4, -0.2) is 22.7 Å². The summed E-state index contributed by atoms with van der Waals surface area (Å²) in [5.74, 6) is 0. The van der Waals surface area contributed by atoms with E-state index in [9.17, 15) is 0 Å². The van der Waals surface area contributed by atoms with Crippen molar-refractivity contribution in [2.45, 2.75) is 12.8 Å². The van der Waals surface area contributed by atoms with Crippen molar-refractivity contribution in [3.63, 3.8) is 0 Å². The number of rotatable bonds is 2. The van der Waals surface area contributed by atoms with Gasteiger partial charge in [-0.25, -0.2) is 0 Å². The average molecular weight is 256 g/mol. The molecule has 2 heteroatoms. The quantitative estimate of drug-likeness (QED) is 0.742. The zero-order valence-electron chi connectivity index (χ0n) is 10.7. The van der Waals surface area contributed by atoms with Crippen LogP contribution in [0.1, 0.15) is 12.8 Å². The Hall–Kier alpha value is -1.38. The van der Waals surface area contributed by atoms with Crippen molar-refractivity contribution in [2.24, 2.45) is 0 Å². The highest BCUT2D eigenvalue weighted by Gasteiger charge is 1.95. The molecule has 0 aromatic heterocycles. The minimum absolute atomic E-state index is 0.234. The van der Waals surface area contributed by atoms with Gasteiger partial charge in [0.15, 0.2) is 0 Å². The standard InChI is InChI=1S/C12H12Si.C4H8O/c1-3-7-11(8-4-1)13-12-9-5-2-6-10-12;1-2-4-5-3-1/h1-10H,13H2;1-4H2. The second-order valence-electron chi connectivity index (χ2n) is 4.47. The second-order valence-corrected chi connectivity index (χ2v) is 6.45. The van der Waals surface area contributed by atoms with E-state index >= 15 is 0 Å². The molecule has 0 radical (unpaired) electrons. The Balaban J connectivity index is 0.000000202. The van der Waals surface area contributed by atoms with Gasteiger partial charge in [0.05, 0.1) is 9.52 Å². The van der Waals surface area contributed by atoms with Crippen LogP contribution in [-0.2, 0) is 4.74 Å². The normalized spacial score (nSPS) is 13.8. The zero-order valence-corrected chi connectivity index (χ0v) is 12.1. The maximum absolute atomic E-state index is 4.94. The molecule has 1 aliphatic rings. The molecule has 1 nitrogen and oxygen atoms in total. The first-order valence-corrected chi connectivity index (χ1v) is 8.02. The van der Waals surface area contributed by atoms with Crippen molar-refractivity contribution in [3.8, 4) is 0 Å². The van der Waals surface area contributed by atoms with Gasteiger partial charge in [0, 0.05) is 13.2 Å². The van der Waals surface area contributed by atoms with Gasteiger partial charge in [0.2, 0.25) is 0 Å². The van der Waals surface area contributed by atoms with E-state index in [2.05, 4.69) is 60.7 Å². The fraction of sp³-hybridized carbons (Fsp3) is 0.250. The number of hydrogen-bond donors (Lipinski definition) is 0. The average Bonchev–Trinajstić information content (AvgIpc) is 3.00. The molecule has 0 N–H and O–H groups in total. The molecule has 0 unspecified atom stereocenters. The topological polar surface area (TPSA) is 9.23 Å². The fourth-order valence-corrected chi connectivity index (χ4v) is 3.42. The largest absolute Gasteiger partial charge is 0.381 e. The summed E-state index contributed by atoms with van der Waals surface area (Å²) < 4.78 is 4.94. The summed E-state index contributed by atoms with van der Waals surface area (Å²) in [6.07, 6.45) is 2.56. The van der Waals surface area contributed by atoms with Crippen LogP contribution in [0.2, 0.25) is 0 Å². The highest BCUT2D eigenvalue weighted by atomic mass is 28.2. The molecule has 1 saturated heterocycles. The Morgan fingerprint density at radius 1 is 0.667 bits per heavy atom. The molecule has 1 aliphatic heterocycles. The molecule has 3 rings (SSSR count). The summed E-state index contributed by atoms with van der Waals surface area (Å²) >= 11 is 0. The molecular formula is C16H20OSi. The number of hydrogen-bond acceptors (Lipinski definition) is 1. The van der Waals surface area contributed by atoms with Gasteiger partial charge in [0.1, 0.15) is 0 Å². The van der Waals surface area contributed by atoms with E-state index < -0.39 is 0 Å². The summed E-state index contributed by atoms with van der Waals surface area (Å²) in [4.78, 5) is 0. The van der Waals surface area contributed by atoms with Crippen LogP contribution >= 0.6 is 0 Å². The van der Waals surface area contributed by atoms with Gasteiger partial charge >= 0.3 is 0 Å². The van der Waals surface area contributed by atoms with Crippen LogP contribution in [0, 0.1) is 0 Å². The number of benzene rings is 2. The van der Waals surface area contributed by atoms with E-state index in [1.807, 2.05) is 0 Å². The Bertz CT molecular complexity index is 378. The molecule has 1 heterocycles. The highest BCUT2D eigenvalue weighted by Crippen LogP contribution is 1.98. The zero-order chi connectivity index (χ0) is 12.5. The van der Waals surface area contributed by atoms with Gasteiger partial charge in [-0.15, -0.1) is 0 Å². The Labute approximate surface area is 112 Å². The highest BCUT2D eigenvalue weighted by molar-refractivity contribution is 6.67. The summed E-state index contributed by atoms with van der Waals surface area (Å²) in [6, 6.07) is 21.5. The summed E-state index contributed by atoms with van der Waals surface area (Å²) in [6.45, 7) is 2.00. The third kappa shape index (κ3) is 4.86. The van der Waals surface area contributed by atoms with E-state index in [0.29, 0.717) is 0 Å². The molecule has 0 saturated carbocycles. The molecule has 18 heavy (non-hydrogen) atoms. The first kappa shape index (κ1) is 13.1. The maximum Gasteiger partial charge on any atom is 0.0875 e. The van der Waals surface area contributed by atoms with Crippen molar-refractivity contribution in [3.05, 3.63) is 60.7 Å². The SMILES string of the molecule is C1CCOC1.c1ccc([SiH2]c2ccccc2)cc1. The van der Waals surface area contributed by atoms with Crippen LogP contribution in [0.4, 0.5) is 0 Å². The van der Waals surface area contributed by atoms with Crippen LogP contribution in [0.15, 0.2) is 60.7 Å². The molecule has 2 aromatic rings. The molecule has 0 amide bonds. The minimum atomic E-state index is -0.234. The second kappa shape index (κ2) is 7.85. The van der Waals surface area contributed by atoms with E-state index in [0.717, 1.165) is 13.2 Å². The Kier molecular flexibility index (Phi) is 5.69. The van der Waals surface area contributed by atoms with Gasteiger partial charge in [0.25, 0.3) is 0 Å². The van der Waals surface area contributed by atoms with Gasteiger partial charge < -0.3 is 4.74 Å². The third-order valence-corrected chi connectivity index (χ3v) is 4.68. The van der Waals surface area contributed by atoms with Gasteiger partial charge in [-0.2, -0.15) is 0 Å². The van der Waals surface area contributed by atoms with Crippen molar-refractivity contribution in [1.82, 2.24) is 0 Å². The Morgan fingerprint density at radius 2 is 1.11 bits per heavy atom. The van der Waals surface area contributed by atoms with Gasteiger partial charge in [-0.05, 0) is 12.8 Å². The lowest BCUT2D eigenvalue weighted by Crippen LogP contribution is -2.26. The van der Waals surface area contributed by atoms with Crippen molar-refractivity contribution < 1.29 is 4.74 Å². The predicted octanol–water partition coefficient (Wildman–Crippen LogP) is 1.60. The first-order valence-electron chi connectivity index (χ1n) is 6.61. The molecule has 2 aromatic carbocycles. The molecule has 1 fully saturated rings. The lowest BCUT2D eigenvalue weighted by Gasteiger charge is -1.99. The van der Waals surface area contributed by atoms with E-state index in [4.69, 9.17) is 4.74 Å². The smallest absolute Gasteiger partial charge is 0.0875 e. The van der Waals surface area contributed by atoms with Crippen molar-refractivity contribution >= 4 is 19.9 Å². The molecule has 0 bridgehead atoms.